The zero-order valence-corrected chi connectivity index (χ0v) is 12.2. The number of carboxylic acids is 1. The first-order chi connectivity index (χ1) is 10.0. The van der Waals surface area contributed by atoms with Crippen molar-refractivity contribution >= 4 is 34.4 Å². The zero-order valence-electron chi connectivity index (χ0n) is 11.5. The number of nitrogens with one attached hydrogen (secondary N) is 1. The summed E-state index contributed by atoms with van der Waals surface area (Å²) in [6.45, 7) is 1.86. The van der Waals surface area contributed by atoms with Crippen LogP contribution in [0.4, 0.5) is 0 Å². The summed E-state index contributed by atoms with van der Waals surface area (Å²) in [5.74, 6) is -1.51. The molecule has 2 rings (SSSR count). The maximum atomic E-state index is 12.3. The molecule has 0 spiro atoms. The molecule has 0 aliphatic heterocycles. The summed E-state index contributed by atoms with van der Waals surface area (Å²) in [6.07, 6.45) is 1.03. The summed E-state index contributed by atoms with van der Waals surface area (Å²) in [5, 5.41) is 12.5. The Labute approximate surface area is 126 Å². The highest BCUT2D eigenvalue weighted by atomic mass is 35.5. The van der Waals surface area contributed by atoms with Gasteiger partial charge in [0.1, 0.15) is 11.2 Å². The lowest BCUT2D eigenvalue weighted by atomic mass is 10.1. The summed E-state index contributed by atoms with van der Waals surface area (Å²) < 4.78 is 0. The molecule has 0 saturated carbocycles. The van der Waals surface area contributed by atoms with Crippen molar-refractivity contribution in [1.82, 2.24) is 10.3 Å². The molecule has 0 radical (unpaired) electrons. The number of pyridine rings is 1. The third kappa shape index (κ3) is 3.49. The first-order valence-corrected chi connectivity index (χ1v) is 6.99. The lowest BCUT2D eigenvalue weighted by molar-refractivity contribution is -0.139. The minimum atomic E-state index is -1.05. The van der Waals surface area contributed by atoms with E-state index in [9.17, 15) is 9.59 Å². The molecule has 2 aromatic rings. The third-order valence-corrected chi connectivity index (χ3v) is 3.30. The number of nitrogens with zero attached hydrogens (tertiary/aromatic N) is 1. The first-order valence-electron chi connectivity index (χ1n) is 6.62. The predicted octanol–water partition coefficient (Wildman–Crippen LogP) is 2.87. The van der Waals surface area contributed by atoms with Gasteiger partial charge in [0.2, 0.25) is 0 Å². The van der Waals surface area contributed by atoms with Crippen molar-refractivity contribution < 1.29 is 14.7 Å². The molecule has 1 amide bonds. The van der Waals surface area contributed by atoms with Gasteiger partial charge in [0.15, 0.2) is 0 Å². The third-order valence-electron chi connectivity index (χ3n) is 3.11. The van der Waals surface area contributed by atoms with Crippen molar-refractivity contribution in [2.45, 2.75) is 25.8 Å². The second-order valence-corrected chi connectivity index (χ2v) is 5.05. The van der Waals surface area contributed by atoms with Crippen LogP contribution in [0.3, 0.4) is 0 Å². The van der Waals surface area contributed by atoms with Gasteiger partial charge in [0, 0.05) is 5.39 Å². The van der Waals surface area contributed by atoms with Crippen LogP contribution in [0.15, 0.2) is 30.3 Å². The van der Waals surface area contributed by atoms with Crippen LogP contribution >= 0.6 is 11.6 Å². The molecule has 0 aliphatic carbocycles. The molecule has 1 atom stereocenters. The number of rotatable bonds is 5. The van der Waals surface area contributed by atoms with E-state index in [0.29, 0.717) is 29.3 Å². The summed E-state index contributed by atoms with van der Waals surface area (Å²) in [7, 11) is 0. The summed E-state index contributed by atoms with van der Waals surface area (Å²) in [5.41, 5.74) is 0.922. The van der Waals surface area contributed by atoms with E-state index in [2.05, 4.69) is 10.3 Å². The molecule has 6 heteroatoms. The number of carbonyl (C=O) groups is 2. The topological polar surface area (TPSA) is 79.3 Å². The number of benzene rings is 1. The second kappa shape index (κ2) is 6.54. The number of amides is 1. The monoisotopic (exact) mass is 306 g/mol. The van der Waals surface area contributed by atoms with Crippen molar-refractivity contribution in [3.05, 3.63) is 41.0 Å². The van der Waals surface area contributed by atoms with Gasteiger partial charge in [0.25, 0.3) is 5.91 Å². The normalized spacial score (nSPS) is 12.1. The average Bonchev–Trinajstić information content (AvgIpc) is 2.45. The van der Waals surface area contributed by atoms with Crippen molar-refractivity contribution in [3.63, 3.8) is 0 Å². The van der Waals surface area contributed by atoms with Crippen LogP contribution in [0.2, 0.25) is 5.15 Å². The minimum Gasteiger partial charge on any atom is -0.480 e. The molecule has 1 aromatic heterocycles. The Morgan fingerprint density at radius 1 is 1.38 bits per heavy atom. The number of para-hydroxylation sites is 1. The van der Waals surface area contributed by atoms with E-state index >= 15 is 0 Å². The fourth-order valence-corrected chi connectivity index (χ4v) is 2.31. The SMILES string of the molecule is CCCC(NC(=O)c1cc(Cl)nc2ccccc12)C(=O)O. The zero-order chi connectivity index (χ0) is 15.4. The molecule has 1 aromatic carbocycles. The lowest BCUT2D eigenvalue weighted by Crippen LogP contribution is -2.40. The van der Waals surface area contributed by atoms with Crippen LogP contribution in [0.5, 0.6) is 0 Å². The van der Waals surface area contributed by atoms with Gasteiger partial charge in [-0.25, -0.2) is 9.78 Å². The molecular weight excluding hydrogens is 292 g/mol. The molecular formula is C15H15ClN2O3. The molecule has 2 N–H and O–H groups in total. The largest absolute Gasteiger partial charge is 0.480 e. The highest BCUT2D eigenvalue weighted by Crippen LogP contribution is 2.21. The lowest BCUT2D eigenvalue weighted by Gasteiger charge is -2.14. The number of fused-ring (bicyclic) bond motifs is 1. The Balaban J connectivity index is 2.37. The maximum absolute atomic E-state index is 12.3. The van der Waals surface area contributed by atoms with Crippen LogP contribution in [0.1, 0.15) is 30.1 Å². The number of aliphatic carboxylic acids is 1. The smallest absolute Gasteiger partial charge is 0.326 e. The van der Waals surface area contributed by atoms with Crippen molar-refractivity contribution in [2.75, 3.05) is 0 Å². The number of hydrogen-bond acceptors (Lipinski definition) is 3. The van der Waals surface area contributed by atoms with Crippen molar-refractivity contribution in [2.24, 2.45) is 0 Å². The van der Waals surface area contributed by atoms with Crippen LogP contribution in [-0.4, -0.2) is 28.0 Å². The standard InChI is InChI=1S/C15H15ClN2O3/c1-2-5-12(15(20)21)18-14(19)10-8-13(16)17-11-7-4-3-6-9(10)11/h3-4,6-8,12H,2,5H2,1H3,(H,18,19)(H,20,21). The number of aromatic nitrogens is 1. The Morgan fingerprint density at radius 3 is 2.76 bits per heavy atom. The highest BCUT2D eigenvalue weighted by Gasteiger charge is 2.21. The van der Waals surface area contributed by atoms with Crippen molar-refractivity contribution in [1.29, 1.82) is 0 Å². The van der Waals surface area contributed by atoms with E-state index in [0.717, 1.165) is 0 Å². The summed E-state index contributed by atoms with van der Waals surface area (Å²) in [6, 6.07) is 7.62. The molecule has 0 saturated heterocycles. The van der Waals surface area contributed by atoms with Crippen LogP contribution in [0.25, 0.3) is 10.9 Å². The van der Waals surface area contributed by atoms with E-state index < -0.39 is 17.9 Å². The minimum absolute atomic E-state index is 0.196. The number of halogens is 1. The molecule has 5 nitrogen and oxygen atoms in total. The van der Waals surface area contributed by atoms with Crippen molar-refractivity contribution in [3.8, 4) is 0 Å². The van der Waals surface area contributed by atoms with Crippen LogP contribution in [0, 0.1) is 0 Å². The van der Waals surface area contributed by atoms with Gasteiger partial charge in [0.05, 0.1) is 11.1 Å². The fourth-order valence-electron chi connectivity index (χ4n) is 2.11. The van der Waals surface area contributed by atoms with E-state index in [1.54, 1.807) is 24.3 Å². The quantitative estimate of drug-likeness (QED) is 0.832. The van der Waals surface area contributed by atoms with Gasteiger partial charge in [-0.1, -0.05) is 43.1 Å². The van der Waals surface area contributed by atoms with Gasteiger partial charge < -0.3 is 10.4 Å². The molecule has 0 aliphatic rings. The molecule has 1 heterocycles. The maximum Gasteiger partial charge on any atom is 0.326 e. The first kappa shape index (κ1) is 15.3. The number of carbonyl (C=O) groups excluding carboxylic acids is 1. The molecule has 110 valence electrons. The van der Waals surface area contributed by atoms with E-state index in [1.807, 2.05) is 6.92 Å². The molecule has 21 heavy (non-hydrogen) atoms. The molecule has 1 unspecified atom stereocenters. The summed E-state index contributed by atoms with van der Waals surface area (Å²) in [4.78, 5) is 27.6. The highest BCUT2D eigenvalue weighted by molar-refractivity contribution is 6.30. The Kier molecular flexibility index (Phi) is 4.75. The Hall–Kier alpha value is -2.14. The van der Waals surface area contributed by atoms with Crippen LogP contribution in [-0.2, 0) is 4.79 Å². The van der Waals surface area contributed by atoms with Gasteiger partial charge in [-0.2, -0.15) is 0 Å². The van der Waals surface area contributed by atoms with Gasteiger partial charge in [-0.15, -0.1) is 0 Å². The number of carboxylic acid groups (broad SMARTS) is 1. The van der Waals surface area contributed by atoms with Crippen LogP contribution < -0.4 is 5.32 Å². The van der Waals surface area contributed by atoms with E-state index in [-0.39, 0.29) is 5.15 Å². The average molecular weight is 307 g/mol. The Morgan fingerprint density at radius 2 is 2.10 bits per heavy atom. The van der Waals surface area contributed by atoms with Gasteiger partial charge >= 0.3 is 5.97 Å². The predicted molar refractivity (Wildman–Crippen MR) is 80.6 cm³/mol. The fraction of sp³-hybridized carbons (Fsp3) is 0.267. The second-order valence-electron chi connectivity index (χ2n) is 4.66. The molecule has 0 fully saturated rings. The van der Waals surface area contributed by atoms with Gasteiger partial charge in [-0.05, 0) is 18.6 Å². The molecule has 0 bridgehead atoms. The van der Waals surface area contributed by atoms with E-state index in [4.69, 9.17) is 16.7 Å². The number of hydrogen-bond donors (Lipinski definition) is 2. The summed E-state index contributed by atoms with van der Waals surface area (Å²) >= 11 is 5.92. The Bertz CT molecular complexity index is 688. The van der Waals surface area contributed by atoms with Gasteiger partial charge in [-0.3, -0.25) is 4.79 Å². The van der Waals surface area contributed by atoms with E-state index in [1.165, 1.54) is 6.07 Å².